The fraction of sp³-hybridized carbons (Fsp3) is 0.143. The Labute approximate surface area is 134 Å². The van der Waals surface area contributed by atoms with Crippen molar-refractivity contribution in [1.82, 2.24) is 15.2 Å². The third kappa shape index (κ3) is 3.04. The average Bonchev–Trinajstić information content (AvgIpc) is 2.88. The van der Waals surface area contributed by atoms with Crippen LogP contribution in [0.5, 0.6) is 0 Å². The van der Waals surface area contributed by atoms with Gasteiger partial charge in [-0.1, -0.05) is 22.5 Å². The molecule has 0 amide bonds. The van der Waals surface area contributed by atoms with Crippen molar-refractivity contribution in [3.8, 4) is 0 Å². The second-order valence-electron chi connectivity index (χ2n) is 5.01. The standard InChI is InChI=1S/C14H10F3N3O3S/c1-9-2-5-11(6-3-9)24(21,22)23-20-13-8-10(14(15,16)17)4-7-12(13)18-19-20/h2-8H,1H3. The van der Waals surface area contributed by atoms with Gasteiger partial charge in [0.05, 0.1) is 5.56 Å². The van der Waals surface area contributed by atoms with Crippen LogP contribution in [-0.2, 0) is 16.3 Å². The maximum absolute atomic E-state index is 12.8. The Bertz CT molecular complexity index is 996. The molecule has 0 unspecified atom stereocenters. The summed E-state index contributed by atoms with van der Waals surface area (Å²) < 4.78 is 67.6. The van der Waals surface area contributed by atoms with Crippen molar-refractivity contribution < 1.29 is 25.9 Å². The van der Waals surface area contributed by atoms with Crippen LogP contribution in [0.2, 0.25) is 0 Å². The highest BCUT2D eigenvalue weighted by atomic mass is 32.2. The van der Waals surface area contributed by atoms with Crippen molar-refractivity contribution in [3.05, 3.63) is 53.6 Å². The highest BCUT2D eigenvalue weighted by molar-refractivity contribution is 7.87. The van der Waals surface area contributed by atoms with E-state index in [0.29, 0.717) is 4.85 Å². The third-order valence-electron chi connectivity index (χ3n) is 3.22. The second kappa shape index (κ2) is 5.48. The number of hydrogen-bond donors (Lipinski definition) is 0. The number of nitrogens with zero attached hydrogens (tertiary/aromatic N) is 3. The van der Waals surface area contributed by atoms with Crippen LogP contribution < -0.4 is 4.28 Å². The maximum Gasteiger partial charge on any atom is 0.416 e. The molecule has 0 atom stereocenters. The van der Waals surface area contributed by atoms with Gasteiger partial charge in [0.1, 0.15) is 15.9 Å². The van der Waals surface area contributed by atoms with Crippen molar-refractivity contribution in [3.63, 3.8) is 0 Å². The molecule has 0 aliphatic heterocycles. The summed E-state index contributed by atoms with van der Waals surface area (Å²) in [6, 6.07) is 8.42. The number of fused-ring (bicyclic) bond motifs is 1. The maximum atomic E-state index is 12.8. The van der Waals surface area contributed by atoms with Gasteiger partial charge in [-0.2, -0.15) is 21.6 Å². The van der Waals surface area contributed by atoms with E-state index in [-0.39, 0.29) is 15.9 Å². The van der Waals surface area contributed by atoms with Gasteiger partial charge >= 0.3 is 16.3 Å². The minimum Gasteiger partial charge on any atom is -0.264 e. The van der Waals surface area contributed by atoms with E-state index in [1.54, 1.807) is 19.1 Å². The first-order valence-electron chi connectivity index (χ1n) is 6.61. The topological polar surface area (TPSA) is 74.1 Å². The molecule has 0 aliphatic carbocycles. The summed E-state index contributed by atoms with van der Waals surface area (Å²) in [7, 11) is -4.26. The molecule has 24 heavy (non-hydrogen) atoms. The summed E-state index contributed by atoms with van der Waals surface area (Å²) >= 11 is 0. The number of rotatable bonds is 3. The minimum atomic E-state index is -4.58. The van der Waals surface area contributed by atoms with E-state index in [4.69, 9.17) is 4.28 Å². The molecule has 126 valence electrons. The van der Waals surface area contributed by atoms with E-state index in [2.05, 4.69) is 10.3 Å². The van der Waals surface area contributed by atoms with Gasteiger partial charge < -0.3 is 0 Å². The van der Waals surface area contributed by atoms with Gasteiger partial charge in [0, 0.05) is 0 Å². The molecule has 6 nitrogen and oxygen atoms in total. The van der Waals surface area contributed by atoms with Gasteiger partial charge in [0.25, 0.3) is 0 Å². The van der Waals surface area contributed by atoms with Gasteiger partial charge in [0.15, 0.2) is 0 Å². The van der Waals surface area contributed by atoms with Gasteiger partial charge in [0.2, 0.25) is 0 Å². The number of aromatic nitrogens is 3. The van der Waals surface area contributed by atoms with Gasteiger partial charge in [-0.15, -0.1) is 5.10 Å². The fourth-order valence-corrected chi connectivity index (χ4v) is 2.82. The van der Waals surface area contributed by atoms with Crippen LogP contribution in [0.4, 0.5) is 13.2 Å². The molecular weight excluding hydrogens is 347 g/mol. The zero-order valence-corrected chi connectivity index (χ0v) is 13.0. The average molecular weight is 357 g/mol. The molecule has 0 fully saturated rings. The van der Waals surface area contributed by atoms with E-state index in [9.17, 15) is 21.6 Å². The van der Waals surface area contributed by atoms with Gasteiger partial charge in [-0.3, -0.25) is 4.28 Å². The lowest BCUT2D eigenvalue weighted by molar-refractivity contribution is -0.137. The molecule has 0 N–H and O–H groups in total. The summed E-state index contributed by atoms with van der Waals surface area (Å²) in [6.07, 6.45) is -4.58. The lowest BCUT2D eigenvalue weighted by atomic mass is 10.2. The zero-order valence-electron chi connectivity index (χ0n) is 12.1. The van der Waals surface area contributed by atoms with Gasteiger partial charge in [-0.25, -0.2) is 0 Å². The molecule has 10 heteroatoms. The molecule has 0 saturated carbocycles. The highest BCUT2D eigenvalue weighted by Crippen LogP contribution is 2.30. The van der Waals surface area contributed by atoms with Crippen LogP contribution in [0.25, 0.3) is 11.0 Å². The van der Waals surface area contributed by atoms with E-state index in [0.717, 1.165) is 23.8 Å². The predicted molar refractivity (Wildman–Crippen MR) is 77.5 cm³/mol. The Morgan fingerprint density at radius 1 is 1.08 bits per heavy atom. The summed E-state index contributed by atoms with van der Waals surface area (Å²) in [5.41, 5.74) is -0.257. The molecular formula is C14H10F3N3O3S. The molecule has 3 rings (SSSR count). The summed E-state index contributed by atoms with van der Waals surface area (Å²) in [4.78, 5) is 0.309. The Hall–Kier alpha value is -2.62. The third-order valence-corrected chi connectivity index (χ3v) is 4.41. The fourth-order valence-electron chi connectivity index (χ4n) is 1.97. The molecule has 3 aromatic rings. The Kier molecular flexibility index (Phi) is 3.71. The van der Waals surface area contributed by atoms with Crippen LogP contribution in [-0.4, -0.2) is 23.6 Å². The van der Waals surface area contributed by atoms with Crippen molar-refractivity contribution in [2.24, 2.45) is 0 Å². The number of hydrogen-bond acceptors (Lipinski definition) is 5. The molecule has 2 aromatic carbocycles. The number of halogens is 3. The van der Waals surface area contributed by atoms with Crippen LogP contribution in [0, 0.1) is 6.92 Å². The van der Waals surface area contributed by atoms with Crippen molar-refractivity contribution >= 4 is 21.2 Å². The Morgan fingerprint density at radius 3 is 2.38 bits per heavy atom. The van der Waals surface area contributed by atoms with E-state index < -0.39 is 21.9 Å². The monoisotopic (exact) mass is 357 g/mol. The van der Waals surface area contributed by atoms with Crippen LogP contribution in [0.3, 0.4) is 0 Å². The molecule has 0 saturated heterocycles. The summed E-state index contributed by atoms with van der Waals surface area (Å²) in [6.45, 7) is 1.78. The lowest BCUT2D eigenvalue weighted by Crippen LogP contribution is -2.21. The molecule has 0 aliphatic rings. The van der Waals surface area contributed by atoms with Crippen LogP contribution >= 0.6 is 0 Å². The lowest BCUT2D eigenvalue weighted by Gasteiger charge is -2.08. The zero-order chi connectivity index (χ0) is 17.5. The SMILES string of the molecule is Cc1ccc(S(=O)(=O)On2nnc3ccc(C(F)(F)F)cc32)cc1. The smallest absolute Gasteiger partial charge is 0.264 e. The highest BCUT2D eigenvalue weighted by Gasteiger charge is 2.31. The van der Waals surface area contributed by atoms with Crippen molar-refractivity contribution in [1.29, 1.82) is 0 Å². The predicted octanol–water partition coefficient (Wildman–Crippen LogP) is 2.58. The Morgan fingerprint density at radius 2 is 1.75 bits per heavy atom. The first-order chi connectivity index (χ1) is 11.2. The largest absolute Gasteiger partial charge is 0.416 e. The molecule has 0 spiro atoms. The van der Waals surface area contributed by atoms with Gasteiger partial charge in [-0.05, 0) is 42.5 Å². The first-order valence-corrected chi connectivity index (χ1v) is 8.02. The Balaban J connectivity index is 2.02. The quantitative estimate of drug-likeness (QED) is 0.720. The molecule has 0 bridgehead atoms. The minimum absolute atomic E-state index is 0.0714. The summed E-state index contributed by atoms with van der Waals surface area (Å²) in [5.74, 6) is 0. The van der Waals surface area contributed by atoms with E-state index >= 15 is 0 Å². The van der Waals surface area contributed by atoms with E-state index in [1.165, 1.54) is 12.1 Å². The van der Waals surface area contributed by atoms with Crippen LogP contribution in [0.1, 0.15) is 11.1 Å². The second-order valence-corrected chi connectivity index (χ2v) is 6.53. The number of benzene rings is 2. The molecule has 1 aromatic heterocycles. The van der Waals surface area contributed by atoms with Crippen LogP contribution in [0.15, 0.2) is 47.4 Å². The number of alkyl halides is 3. The summed E-state index contributed by atoms with van der Waals surface area (Å²) in [5, 5.41) is 7.03. The first kappa shape index (κ1) is 16.2. The number of aryl methyl sites for hydroxylation is 1. The van der Waals surface area contributed by atoms with Crippen molar-refractivity contribution in [2.75, 3.05) is 0 Å². The molecule has 0 radical (unpaired) electrons. The van der Waals surface area contributed by atoms with Crippen molar-refractivity contribution in [2.45, 2.75) is 18.0 Å². The van der Waals surface area contributed by atoms with E-state index in [1.807, 2.05) is 0 Å². The normalized spacial score (nSPS) is 12.5. The molecule has 1 heterocycles.